The average Bonchev–Trinajstić information content (AvgIpc) is 1.00. The zero-order chi connectivity index (χ0) is 2.00. The number of rotatable bonds is 0. The minimum atomic E-state index is 0. The van der Waals surface area contributed by atoms with Gasteiger partial charge in [0.15, 0.2) is 0 Å². The van der Waals surface area contributed by atoms with Crippen molar-refractivity contribution in [2.24, 2.45) is 0 Å². The second kappa shape index (κ2) is 34.5. The Balaban J connectivity index is -0.00000000167. The number of hydrogen-bond acceptors (Lipinski definition) is 0. The first-order chi connectivity index (χ1) is 1.00. The molecule has 0 rings (SSSR count). The molecule has 0 saturated heterocycles. The molecule has 0 aromatic carbocycles. The Labute approximate surface area is 85.2 Å². The molecule has 0 unspecified atom stereocenters. The van der Waals surface area contributed by atoms with Gasteiger partial charge < -0.3 is 14.4 Å². The molecule has 0 aromatic rings. The summed E-state index contributed by atoms with van der Waals surface area (Å²) in [5, 5.41) is 0. The van der Waals surface area contributed by atoms with E-state index in [2.05, 4.69) is 6.92 Å². The molecule has 2 heteroatoms. The van der Waals surface area contributed by atoms with Gasteiger partial charge in [-0.15, -0.1) is 0 Å². The van der Waals surface area contributed by atoms with Crippen LogP contribution in [-0.2, 0) is 65.4 Å². The maximum Gasteiger partial charge on any atom is 0 e. The third kappa shape index (κ3) is 22.5. The van der Waals surface area contributed by atoms with Crippen LogP contribution in [0.25, 0.3) is 0 Å². The molecule has 2 radical (unpaired) electrons. The van der Waals surface area contributed by atoms with E-state index in [1.165, 1.54) is 0 Å². The molecule has 0 bridgehead atoms. The van der Waals surface area contributed by atoms with E-state index in [1.807, 2.05) is 0 Å². The molecule has 0 N–H and O–H groups in total. The molecule has 0 aliphatic heterocycles. The van der Waals surface area contributed by atoms with Crippen molar-refractivity contribution in [3.8, 4) is 0 Å². The molecule has 0 heterocycles. The van der Waals surface area contributed by atoms with E-state index < -0.39 is 0 Å². The zero-order valence-corrected chi connectivity index (χ0v) is 9.54. The van der Waals surface area contributed by atoms with Crippen LogP contribution in [0.2, 0.25) is 0 Å². The van der Waals surface area contributed by atoms with Crippen LogP contribution in [0.15, 0.2) is 0 Å². The summed E-state index contributed by atoms with van der Waals surface area (Å²) in [6.07, 6.45) is 0. The molecule has 0 saturated carbocycles. The van der Waals surface area contributed by atoms with Gasteiger partial charge in [0, 0.05) is 65.4 Å². The maximum absolute atomic E-state index is 3.25. The van der Waals surface area contributed by atoms with Crippen molar-refractivity contribution < 1.29 is 65.4 Å². The second-order valence-electron chi connectivity index (χ2n) is 0. The van der Waals surface area contributed by atoms with E-state index in [4.69, 9.17) is 0 Å². The van der Waals surface area contributed by atoms with Gasteiger partial charge in [0.05, 0.1) is 0 Å². The molecular formula is C3H8Y2-2. The maximum atomic E-state index is 3.25. The number of hydrogen-bond donors (Lipinski definition) is 0. The first kappa shape index (κ1) is 27.0. The summed E-state index contributed by atoms with van der Waals surface area (Å²) >= 11 is 0. The van der Waals surface area contributed by atoms with Crippen molar-refractivity contribution >= 4 is 0 Å². The van der Waals surface area contributed by atoms with Crippen molar-refractivity contribution in [1.82, 2.24) is 0 Å². The predicted molar refractivity (Wildman–Crippen MR) is 17.4 cm³/mol. The van der Waals surface area contributed by atoms with Crippen LogP contribution in [-0.4, -0.2) is 0 Å². The minimum absolute atomic E-state index is 0. The fraction of sp³-hybridized carbons (Fsp3) is 0.333. The monoisotopic (exact) mass is 222 g/mol. The van der Waals surface area contributed by atoms with Crippen molar-refractivity contribution in [3.63, 3.8) is 0 Å². The van der Waals surface area contributed by atoms with Gasteiger partial charge in [-0.2, -0.15) is 6.92 Å². The Hall–Kier alpha value is 2.21. The summed E-state index contributed by atoms with van der Waals surface area (Å²) in [6.45, 7) is 5.00. The zero-order valence-electron chi connectivity index (χ0n) is 3.86. The Morgan fingerprint density at radius 3 is 1.00 bits per heavy atom. The van der Waals surface area contributed by atoms with Gasteiger partial charge in [-0.3, -0.25) is 0 Å². The fourth-order valence-electron chi connectivity index (χ4n) is 0. The summed E-state index contributed by atoms with van der Waals surface area (Å²) in [5.74, 6) is 0. The summed E-state index contributed by atoms with van der Waals surface area (Å²) in [6, 6.07) is 0. The van der Waals surface area contributed by atoms with Gasteiger partial charge in [-0.25, -0.2) is 0 Å². The van der Waals surface area contributed by atoms with Gasteiger partial charge in [0.1, 0.15) is 0 Å². The predicted octanol–water partition coefficient (Wildman–Crippen LogP) is 1.29. The third-order valence-corrected chi connectivity index (χ3v) is 0. The van der Waals surface area contributed by atoms with E-state index in [1.54, 1.807) is 6.92 Å². The quantitative estimate of drug-likeness (QED) is 0.541. The van der Waals surface area contributed by atoms with Crippen molar-refractivity contribution in [1.29, 1.82) is 0 Å². The van der Waals surface area contributed by atoms with E-state index in [-0.39, 0.29) is 72.8 Å². The second-order valence-corrected chi connectivity index (χ2v) is 0. The Morgan fingerprint density at radius 2 is 1.00 bits per heavy atom. The van der Waals surface area contributed by atoms with Gasteiger partial charge in [0.2, 0.25) is 0 Å². The van der Waals surface area contributed by atoms with Crippen LogP contribution in [0.4, 0.5) is 0 Å². The molecule has 0 fully saturated rings. The van der Waals surface area contributed by atoms with E-state index in [9.17, 15) is 0 Å². The van der Waals surface area contributed by atoms with E-state index in [0.717, 1.165) is 0 Å². The van der Waals surface area contributed by atoms with E-state index >= 15 is 0 Å². The van der Waals surface area contributed by atoms with Gasteiger partial charge >= 0.3 is 0 Å². The van der Waals surface area contributed by atoms with Crippen LogP contribution in [0.3, 0.4) is 0 Å². The topological polar surface area (TPSA) is 0 Å². The molecule has 0 amide bonds. The Bertz CT molecular complexity index is 4.85. The summed E-state index contributed by atoms with van der Waals surface area (Å²) in [5.41, 5.74) is 0. The first-order valence-electron chi connectivity index (χ1n) is 0.707. The summed E-state index contributed by atoms with van der Waals surface area (Å²) in [4.78, 5) is 0. The van der Waals surface area contributed by atoms with Crippen LogP contribution >= 0.6 is 0 Å². The van der Waals surface area contributed by atoms with Crippen LogP contribution in [0.1, 0.15) is 6.92 Å². The standard InChI is InChI=1S/C2H5.CH3.2Y/c1-2;;;/h1H2,2H3;1H3;;/q2*-1;;. The molecule has 5 heavy (non-hydrogen) atoms. The summed E-state index contributed by atoms with van der Waals surface area (Å²) in [7, 11) is 0. The smallest absolute Gasteiger partial charge is 0 e. The van der Waals surface area contributed by atoms with Crippen molar-refractivity contribution in [2.75, 3.05) is 0 Å². The molecular weight excluding hydrogens is 214 g/mol. The van der Waals surface area contributed by atoms with Gasteiger partial charge in [-0.1, -0.05) is 0 Å². The van der Waals surface area contributed by atoms with Crippen LogP contribution in [0, 0.1) is 14.4 Å². The van der Waals surface area contributed by atoms with Crippen molar-refractivity contribution in [2.45, 2.75) is 6.92 Å². The average molecular weight is 222 g/mol. The van der Waals surface area contributed by atoms with Crippen LogP contribution in [0.5, 0.6) is 0 Å². The van der Waals surface area contributed by atoms with Gasteiger partial charge in [-0.05, 0) is 0 Å². The molecule has 28 valence electrons. The molecule has 0 atom stereocenters. The van der Waals surface area contributed by atoms with Crippen molar-refractivity contribution in [3.05, 3.63) is 14.4 Å². The Morgan fingerprint density at radius 1 is 1.00 bits per heavy atom. The summed E-state index contributed by atoms with van der Waals surface area (Å²) < 4.78 is 0. The van der Waals surface area contributed by atoms with E-state index in [0.29, 0.717) is 0 Å². The van der Waals surface area contributed by atoms with Crippen LogP contribution < -0.4 is 0 Å². The molecule has 0 nitrogen and oxygen atoms in total. The third-order valence-electron chi connectivity index (χ3n) is 0. The normalized spacial score (nSPS) is 1.20. The molecule has 0 spiro atoms. The molecule has 0 aliphatic rings. The molecule has 0 aromatic heterocycles. The largest absolute Gasteiger partial charge is 0.358 e. The van der Waals surface area contributed by atoms with Gasteiger partial charge in [0.25, 0.3) is 0 Å². The Kier molecular flexibility index (Phi) is 186. The first-order valence-corrected chi connectivity index (χ1v) is 0.707. The fourth-order valence-corrected chi connectivity index (χ4v) is 0. The SMILES string of the molecule is [CH2-]C.[CH3-].[Y].[Y]. The molecule has 0 aliphatic carbocycles. The minimum Gasteiger partial charge on any atom is -0.358 e.